The number of carbonyl (C=O) groups excluding carboxylic acids is 3. The minimum atomic E-state index is -0.832. The van der Waals surface area contributed by atoms with Gasteiger partial charge < -0.3 is 14.2 Å². The van der Waals surface area contributed by atoms with Gasteiger partial charge in [-0.25, -0.2) is 0 Å². The molecule has 322 valence electrons. The lowest BCUT2D eigenvalue weighted by Gasteiger charge is -2.18. The minimum Gasteiger partial charge on any atom is -0.462 e. The second-order valence-corrected chi connectivity index (χ2v) is 14.6. The molecule has 6 heteroatoms. The summed E-state index contributed by atoms with van der Waals surface area (Å²) in [4.78, 5) is 37.6. The van der Waals surface area contributed by atoms with E-state index in [0.717, 1.165) is 103 Å². The molecule has 0 bridgehead atoms. The highest BCUT2D eigenvalue weighted by molar-refractivity contribution is 5.72. The van der Waals surface area contributed by atoms with Crippen LogP contribution >= 0.6 is 0 Å². The van der Waals surface area contributed by atoms with Crippen molar-refractivity contribution >= 4 is 17.9 Å². The maximum absolute atomic E-state index is 12.7. The minimum absolute atomic E-state index is 0.123. The molecule has 0 spiro atoms. The van der Waals surface area contributed by atoms with Crippen molar-refractivity contribution in [2.75, 3.05) is 13.2 Å². The molecule has 0 radical (unpaired) electrons. The second kappa shape index (κ2) is 45.0. The van der Waals surface area contributed by atoms with Crippen LogP contribution in [0.2, 0.25) is 0 Å². The summed E-state index contributed by atoms with van der Waals surface area (Å²) in [6.45, 7) is 6.23. The van der Waals surface area contributed by atoms with E-state index < -0.39 is 12.1 Å². The first-order valence-electron chi connectivity index (χ1n) is 22.7. The highest BCUT2D eigenvalue weighted by atomic mass is 16.6. The fourth-order valence-electron chi connectivity index (χ4n) is 5.72. The summed E-state index contributed by atoms with van der Waals surface area (Å²) in [5.41, 5.74) is 0. The first kappa shape index (κ1) is 53.3. The number of unbranched alkanes of at least 4 members (excludes halogenated alkanes) is 13. The lowest BCUT2D eigenvalue weighted by molar-refractivity contribution is -0.166. The molecule has 1 atom stereocenters. The van der Waals surface area contributed by atoms with E-state index in [0.29, 0.717) is 6.42 Å². The summed E-state index contributed by atoms with van der Waals surface area (Å²) in [6, 6.07) is 0. The van der Waals surface area contributed by atoms with Crippen LogP contribution in [0.15, 0.2) is 97.2 Å². The monoisotopic (exact) mass is 791 g/mol. The Morgan fingerprint density at radius 2 is 0.754 bits per heavy atom. The van der Waals surface area contributed by atoms with E-state index in [1.165, 1.54) is 44.9 Å². The molecule has 0 aromatic heterocycles. The summed E-state index contributed by atoms with van der Waals surface area (Å²) >= 11 is 0. The van der Waals surface area contributed by atoms with Gasteiger partial charge in [0.25, 0.3) is 0 Å². The van der Waals surface area contributed by atoms with Crippen molar-refractivity contribution < 1.29 is 28.6 Å². The molecule has 0 fully saturated rings. The van der Waals surface area contributed by atoms with Gasteiger partial charge in [-0.2, -0.15) is 0 Å². The van der Waals surface area contributed by atoms with Crippen molar-refractivity contribution in [1.82, 2.24) is 0 Å². The van der Waals surface area contributed by atoms with Crippen LogP contribution in [-0.4, -0.2) is 37.2 Å². The Kier molecular flexibility index (Phi) is 42.1. The Bertz CT molecular complexity index is 1180. The third-order valence-electron chi connectivity index (χ3n) is 9.09. The molecule has 0 saturated carbocycles. The molecule has 1 unspecified atom stereocenters. The van der Waals surface area contributed by atoms with E-state index in [1.807, 2.05) is 6.08 Å². The van der Waals surface area contributed by atoms with E-state index in [-0.39, 0.29) is 38.0 Å². The average molecular weight is 791 g/mol. The molecule has 0 N–H and O–H groups in total. The van der Waals surface area contributed by atoms with E-state index in [2.05, 4.69) is 106 Å². The predicted molar refractivity (Wildman–Crippen MR) is 242 cm³/mol. The zero-order valence-corrected chi connectivity index (χ0v) is 36.6. The van der Waals surface area contributed by atoms with Crippen molar-refractivity contribution in [1.29, 1.82) is 0 Å². The fourth-order valence-corrected chi connectivity index (χ4v) is 5.72. The third-order valence-corrected chi connectivity index (χ3v) is 9.09. The molecule has 0 aliphatic rings. The quantitative estimate of drug-likeness (QED) is 0.0267. The Balaban J connectivity index is 4.51. The molecular formula is C51H82O6. The Morgan fingerprint density at radius 1 is 0.386 bits per heavy atom. The molecule has 0 aliphatic carbocycles. The summed E-state index contributed by atoms with van der Waals surface area (Å²) in [5.74, 6) is -1.11. The highest BCUT2D eigenvalue weighted by Crippen LogP contribution is 2.11. The lowest BCUT2D eigenvalue weighted by Crippen LogP contribution is -2.30. The van der Waals surface area contributed by atoms with Gasteiger partial charge >= 0.3 is 17.9 Å². The number of hydrogen-bond donors (Lipinski definition) is 0. The number of hydrogen-bond acceptors (Lipinski definition) is 6. The summed E-state index contributed by atoms with van der Waals surface area (Å²) in [7, 11) is 0. The van der Waals surface area contributed by atoms with Crippen molar-refractivity contribution in [3.63, 3.8) is 0 Å². The first-order chi connectivity index (χ1) is 28.0. The van der Waals surface area contributed by atoms with Gasteiger partial charge in [0.15, 0.2) is 6.10 Å². The topological polar surface area (TPSA) is 78.9 Å². The zero-order valence-electron chi connectivity index (χ0n) is 36.6. The number of allylic oxidation sites excluding steroid dienone is 15. The molecule has 0 amide bonds. The maximum Gasteiger partial charge on any atom is 0.309 e. The smallest absolute Gasteiger partial charge is 0.309 e. The van der Waals surface area contributed by atoms with Crippen molar-refractivity contribution in [3.05, 3.63) is 97.2 Å². The molecule has 0 aromatic rings. The number of rotatable bonds is 39. The number of ether oxygens (including phenoxy) is 3. The van der Waals surface area contributed by atoms with Gasteiger partial charge in [-0.1, -0.05) is 169 Å². The lowest BCUT2D eigenvalue weighted by atomic mass is 10.1. The van der Waals surface area contributed by atoms with Crippen LogP contribution in [0.5, 0.6) is 0 Å². The molecule has 57 heavy (non-hydrogen) atoms. The van der Waals surface area contributed by atoms with Gasteiger partial charge in [0.05, 0.1) is 6.42 Å². The van der Waals surface area contributed by atoms with Crippen LogP contribution in [0.3, 0.4) is 0 Å². The summed E-state index contributed by atoms with van der Waals surface area (Å²) in [5, 5.41) is 0. The summed E-state index contributed by atoms with van der Waals surface area (Å²) in [6.07, 6.45) is 58.5. The van der Waals surface area contributed by atoms with Crippen molar-refractivity contribution in [3.8, 4) is 0 Å². The van der Waals surface area contributed by atoms with Gasteiger partial charge in [-0.05, 0) is 96.3 Å². The van der Waals surface area contributed by atoms with E-state index in [9.17, 15) is 14.4 Å². The molecule has 0 aliphatic heterocycles. The molecule has 0 heterocycles. The predicted octanol–water partition coefficient (Wildman–Crippen LogP) is 14.6. The van der Waals surface area contributed by atoms with E-state index in [1.54, 1.807) is 6.08 Å². The van der Waals surface area contributed by atoms with E-state index in [4.69, 9.17) is 14.2 Å². The Labute approximate surface area is 349 Å². The van der Waals surface area contributed by atoms with Gasteiger partial charge in [0, 0.05) is 12.8 Å². The van der Waals surface area contributed by atoms with Gasteiger partial charge in [-0.15, -0.1) is 0 Å². The Morgan fingerprint density at radius 3 is 1.25 bits per heavy atom. The molecule has 0 saturated heterocycles. The van der Waals surface area contributed by atoms with Crippen LogP contribution < -0.4 is 0 Å². The third kappa shape index (κ3) is 43.3. The summed E-state index contributed by atoms with van der Waals surface area (Å²) < 4.78 is 16.5. The van der Waals surface area contributed by atoms with Crippen LogP contribution in [0.25, 0.3) is 0 Å². The van der Waals surface area contributed by atoms with Crippen LogP contribution in [0.1, 0.15) is 188 Å². The van der Waals surface area contributed by atoms with Crippen LogP contribution in [0.4, 0.5) is 0 Å². The molecule has 0 aromatic carbocycles. The molecular weight excluding hydrogens is 709 g/mol. The largest absolute Gasteiger partial charge is 0.462 e. The van der Waals surface area contributed by atoms with Crippen molar-refractivity contribution in [2.45, 2.75) is 194 Å². The van der Waals surface area contributed by atoms with Crippen LogP contribution in [0, 0.1) is 0 Å². The first-order valence-corrected chi connectivity index (χ1v) is 22.7. The maximum atomic E-state index is 12.7. The average Bonchev–Trinajstić information content (AvgIpc) is 3.21. The van der Waals surface area contributed by atoms with Crippen LogP contribution in [-0.2, 0) is 28.6 Å². The SMILES string of the molecule is CC/C=C\C/C=C\C/C=C\C/C=C\CCCCCC(=O)OCC(COC(=O)C/C=C\C/C=C\C/C=C\CC)OC(=O)CCCCC/C=C\CCCCCCCCC. The van der Waals surface area contributed by atoms with Gasteiger partial charge in [0.1, 0.15) is 13.2 Å². The van der Waals surface area contributed by atoms with Crippen molar-refractivity contribution in [2.24, 2.45) is 0 Å². The van der Waals surface area contributed by atoms with Gasteiger partial charge in [0.2, 0.25) is 0 Å². The number of carbonyl (C=O) groups is 3. The molecule has 6 nitrogen and oxygen atoms in total. The van der Waals surface area contributed by atoms with E-state index >= 15 is 0 Å². The van der Waals surface area contributed by atoms with Gasteiger partial charge in [-0.3, -0.25) is 14.4 Å². The standard InChI is InChI=1S/C51H82O6/c1-4-7-10-13-16-19-21-23-25-26-28-29-32-35-38-41-44-50(53)56-47-48(46-55-49(52)43-40-37-34-31-18-15-12-9-6-3)57-51(54)45-42-39-36-33-30-27-24-22-20-17-14-11-8-5-2/h7,9-10,12,16,18-19,23,25,27-31,37,40,48H,4-6,8,11,13-15,17,20-22,24,26,32-36,38-39,41-47H2,1-3H3/b10-7-,12-9-,19-16-,25-23-,29-28-,30-27-,31-18-,40-37-. The highest BCUT2D eigenvalue weighted by Gasteiger charge is 2.19. The molecule has 0 rings (SSSR count). The second-order valence-electron chi connectivity index (χ2n) is 14.6. The zero-order chi connectivity index (χ0) is 41.5. The number of esters is 3. The Hall–Kier alpha value is -3.67. The normalized spacial score (nSPS) is 13.0. The fraction of sp³-hybridized carbons (Fsp3) is 0.627.